The van der Waals surface area contributed by atoms with Crippen LogP contribution in [0, 0.1) is 11.3 Å². The Bertz CT molecular complexity index is 355. The molecule has 0 radical (unpaired) electrons. The predicted molar refractivity (Wildman–Crippen MR) is 69.0 cm³/mol. The van der Waals surface area contributed by atoms with Crippen LogP contribution < -0.4 is 0 Å². The summed E-state index contributed by atoms with van der Waals surface area (Å²) in [6, 6.07) is 1.60. The quantitative estimate of drug-likeness (QED) is 0.313. The molecule has 0 aliphatic heterocycles. The number of methoxy groups -OCH3 is 1. The predicted octanol–water partition coefficient (Wildman–Crippen LogP) is 1.38. The normalized spacial score (nSPS) is 8.58. The van der Waals surface area contributed by atoms with E-state index in [9.17, 15) is 9.59 Å². The van der Waals surface area contributed by atoms with E-state index in [4.69, 9.17) is 10.00 Å². The monoisotopic (exact) mass is 269 g/mol. The lowest BCUT2D eigenvalue weighted by Crippen LogP contribution is -2.13. The van der Waals surface area contributed by atoms with E-state index in [1.807, 2.05) is 13.8 Å². The van der Waals surface area contributed by atoms with Crippen molar-refractivity contribution in [3.05, 3.63) is 24.8 Å². The molecule has 0 atom stereocenters. The van der Waals surface area contributed by atoms with Crippen LogP contribution in [-0.2, 0) is 23.8 Å². The van der Waals surface area contributed by atoms with Crippen molar-refractivity contribution in [3.8, 4) is 6.07 Å². The third kappa shape index (κ3) is 13.8. The van der Waals surface area contributed by atoms with Gasteiger partial charge in [-0.25, -0.2) is 9.59 Å². The molecule has 0 bridgehead atoms. The Labute approximate surface area is 113 Å². The molecule has 0 unspecified atom stereocenters. The maximum absolute atomic E-state index is 10.8. The molecular weight excluding hydrogens is 250 g/mol. The molecule has 6 nitrogen and oxygen atoms in total. The highest BCUT2D eigenvalue weighted by Gasteiger charge is 2.06. The van der Waals surface area contributed by atoms with Crippen molar-refractivity contribution in [1.82, 2.24) is 0 Å². The van der Waals surface area contributed by atoms with Gasteiger partial charge in [-0.1, -0.05) is 13.2 Å². The van der Waals surface area contributed by atoms with Crippen LogP contribution >= 0.6 is 0 Å². The van der Waals surface area contributed by atoms with Crippen LogP contribution in [0.3, 0.4) is 0 Å². The van der Waals surface area contributed by atoms with Gasteiger partial charge in [-0.15, -0.1) is 0 Å². The summed E-state index contributed by atoms with van der Waals surface area (Å²) < 4.78 is 13.9. The number of ether oxygens (including phenoxy) is 3. The first kappa shape index (κ1) is 19.2. The number of nitrogens with zero attached hydrogens (tertiary/aromatic N) is 1. The molecule has 0 aliphatic rings. The summed E-state index contributed by atoms with van der Waals surface area (Å²) in [5.41, 5.74) is -0.190. The lowest BCUT2D eigenvalue weighted by atomic mass is 10.3. The van der Waals surface area contributed by atoms with Crippen molar-refractivity contribution in [2.24, 2.45) is 0 Å². The standard InChI is InChI=1S/C9H13NO3.C4H6O2/c1-7(2)12-4-5-13-9(11)8(3)6-10;1-3-4(5)6-2/h7H,3-5H2,1-2H3;3H,1H2,2H3. The van der Waals surface area contributed by atoms with Crippen LogP contribution in [0.5, 0.6) is 0 Å². The third-order valence-electron chi connectivity index (χ3n) is 1.52. The van der Waals surface area contributed by atoms with Crippen molar-refractivity contribution >= 4 is 11.9 Å². The van der Waals surface area contributed by atoms with Gasteiger partial charge in [0.25, 0.3) is 0 Å². The molecule has 0 rings (SSSR count). The van der Waals surface area contributed by atoms with E-state index < -0.39 is 11.9 Å². The number of hydrogen-bond acceptors (Lipinski definition) is 6. The fourth-order valence-electron chi connectivity index (χ4n) is 0.634. The van der Waals surface area contributed by atoms with Crippen molar-refractivity contribution in [3.63, 3.8) is 0 Å². The van der Waals surface area contributed by atoms with Gasteiger partial charge in [0.15, 0.2) is 0 Å². The second-order valence-electron chi connectivity index (χ2n) is 3.37. The SMILES string of the molecule is C=C(C#N)C(=O)OCCOC(C)C.C=CC(=O)OC. The van der Waals surface area contributed by atoms with Gasteiger partial charge in [0, 0.05) is 6.08 Å². The minimum Gasteiger partial charge on any atom is -0.466 e. The van der Waals surface area contributed by atoms with E-state index in [-0.39, 0.29) is 18.3 Å². The Hall–Kier alpha value is -2.13. The van der Waals surface area contributed by atoms with Crippen LogP contribution in [0.25, 0.3) is 0 Å². The number of hydrogen-bond donors (Lipinski definition) is 0. The molecule has 19 heavy (non-hydrogen) atoms. The van der Waals surface area contributed by atoms with Crippen molar-refractivity contribution < 1.29 is 23.8 Å². The van der Waals surface area contributed by atoms with Crippen LogP contribution in [0.1, 0.15) is 13.8 Å². The number of carbonyl (C=O) groups excluding carboxylic acids is 2. The molecule has 0 aliphatic carbocycles. The van der Waals surface area contributed by atoms with Gasteiger partial charge in [0.05, 0.1) is 19.8 Å². The average molecular weight is 269 g/mol. The van der Waals surface area contributed by atoms with Crippen molar-refractivity contribution in [2.45, 2.75) is 20.0 Å². The zero-order valence-corrected chi connectivity index (χ0v) is 11.5. The lowest BCUT2D eigenvalue weighted by Gasteiger charge is -2.07. The molecule has 0 heterocycles. The van der Waals surface area contributed by atoms with Gasteiger partial charge in [-0.3, -0.25) is 0 Å². The van der Waals surface area contributed by atoms with E-state index in [1.165, 1.54) is 7.11 Å². The fourth-order valence-corrected chi connectivity index (χ4v) is 0.634. The second-order valence-corrected chi connectivity index (χ2v) is 3.37. The third-order valence-corrected chi connectivity index (χ3v) is 1.52. The van der Waals surface area contributed by atoms with Gasteiger partial charge < -0.3 is 14.2 Å². The van der Waals surface area contributed by atoms with Crippen molar-refractivity contribution in [1.29, 1.82) is 5.26 Å². The molecule has 6 heteroatoms. The Morgan fingerprint density at radius 3 is 2.26 bits per heavy atom. The summed E-state index contributed by atoms with van der Waals surface area (Å²) in [6.07, 6.45) is 1.22. The van der Waals surface area contributed by atoms with E-state index in [0.29, 0.717) is 6.61 Å². The van der Waals surface area contributed by atoms with Crippen LogP contribution in [0.4, 0.5) is 0 Å². The molecule has 0 fully saturated rings. The molecule has 0 spiro atoms. The van der Waals surface area contributed by atoms with E-state index in [2.05, 4.69) is 22.6 Å². The number of nitriles is 1. The zero-order chi connectivity index (χ0) is 15.3. The number of rotatable bonds is 6. The zero-order valence-electron chi connectivity index (χ0n) is 11.5. The first-order valence-corrected chi connectivity index (χ1v) is 5.47. The molecule has 106 valence electrons. The molecule has 0 saturated heterocycles. The van der Waals surface area contributed by atoms with E-state index in [1.54, 1.807) is 6.07 Å². The number of carbonyl (C=O) groups is 2. The Balaban J connectivity index is 0. The van der Waals surface area contributed by atoms with Crippen molar-refractivity contribution in [2.75, 3.05) is 20.3 Å². The molecule has 0 saturated carbocycles. The Kier molecular flexibility index (Phi) is 12.5. The van der Waals surface area contributed by atoms with Gasteiger partial charge in [0.1, 0.15) is 18.2 Å². The van der Waals surface area contributed by atoms with E-state index in [0.717, 1.165) is 6.08 Å². The smallest absolute Gasteiger partial charge is 0.348 e. The van der Waals surface area contributed by atoms with Crippen LogP contribution in [0.15, 0.2) is 24.8 Å². The molecule has 0 N–H and O–H groups in total. The minimum atomic E-state index is -0.685. The van der Waals surface area contributed by atoms with E-state index >= 15 is 0 Å². The summed E-state index contributed by atoms with van der Waals surface area (Å²) in [6.45, 7) is 10.6. The van der Waals surface area contributed by atoms with Crippen LogP contribution in [0.2, 0.25) is 0 Å². The topological polar surface area (TPSA) is 85.6 Å². The van der Waals surface area contributed by atoms with Crippen LogP contribution in [-0.4, -0.2) is 38.4 Å². The second kappa shape index (κ2) is 12.3. The average Bonchev–Trinajstić information content (AvgIpc) is 2.41. The highest BCUT2D eigenvalue weighted by Crippen LogP contribution is 1.93. The van der Waals surface area contributed by atoms with Gasteiger partial charge in [0.2, 0.25) is 0 Å². The highest BCUT2D eigenvalue weighted by molar-refractivity contribution is 5.91. The summed E-state index contributed by atoms with van der Waals surface area (Å²) in [5, 5.41) is 8.27. The largest absolute Gasteiger partial charge is 0.466 e. The first-order chi connectivity index (χ1) is 8.88. The maximum Gasteiger partial charge on any atom is 0.348 e. The van der Waals surface area contributed by atoms with Gasteiger partial charge in [-0.2, -0.15) is 5.26 Å². The summed E-state index contributed by atoms with van der Waals surface area (Å²) in [5.74, 6) is -1.08. The lowest BCUT2D eigenvalue weighted by molar-refractivity contribution is -0.140. The Morgan fingerprint density at radius 1 is 1.37 bits per heavy atom. The highest BCUT2D eigenvalue weighted by atomic mass is 16.6. The van der Waals surface area contributed by atoms with Gasteiger partial charge >= 0.3 is 11.9 Å². The summed E-state index contributed by atoms with van der Waals surface area (Å²) in [7, 11) is 1.31. The molecule has 0 aromatic heterocycles. The maximum atomic E-state index is 10.8. The summed E-state index contributed by atoms with van der Waals surface area (Å²) in [4.78, 5) is 20.7. The molecule has 0 amide bonds. The summed E-state index contributed by atoms with van der Waals surface area (Å²) >= 11 is 0. The molecule has 0 aromatic carbocycles. The van der Waals surface area contributed by atoms with Gasteiger partial charge in [-0.05, 0) is 13.8 Å². The first-order valence-electron chi connectivity index (χ1n) is 5.47. The Morgan fingerprint density at radius 2 is 1.95 bits per heavy atom. The minimum absolute atomic E-state index is 0.109. The number of esters is 2. The fraction of sp³-hybridized carbons (Fsp3) is 0.462. The molecular formula is C13H19NO5. The molecule has 0 aromatic rings.